The summed E-state index contributed by atoms with van der Waals surface area (Å²) in [6, 6.07) is 13.9. The highest BCUT2D eigenvalue weighted by atomic mass is 16.6. The molecule has 32 heavy (non-hydrogen) atoms. The van der Waals surface area contributed by atoms with Gasteiger partial charge in [-0.15, -0.1) is 0 Å². The second-order valence-electron chi connectivity index (χ2n) is 7.19. The number of benzene rings is 2. The Labute approximate surface area is 182 Å². The Kier molecular flexibility index (Phi) is 5.15. The fourth-order valence-electron chi connectivity index (χ4n) is 3.32. The molecule has 0 spiro atoms. The zero-order valence-corrected chi connectivity index (χ0v) is 17.1. The first-order valence-electron chi connectivity index (χ1n) is 9.55. The predicted octanol–water partition coefficient (Wildman–Crippen LogP) is 4.67. The minimum Gasteiger partial charge on any atom is -0.478 e. The average molecular weight is 431 g/mol. The van der Waals surface area contributed by atoms with E-state index in [9.17, 15) is 19.7 Å². The Balaban J connectivity index is 1.63. The predicted molar refractivity (Wildman–Crippen MR) is 118 cm³/mol. The van der Waals surface area contributed by atoms with Gasteiger partial charge in [0.15, 0.2) is 0 Å². The average Bonchev–Trinajstić information content (AvgIpc) is 3.34. The maximum Gasteiger partial charge on any atom is 0.335 e. The summed E-state index contributed by atoms with van der Waals surface area (Å²) >= 11 is 0. The molecule has 0 atom stereocenters. The van der Waals surface area contributed by atoms with Crippen molar-refractivity contribution in [2.24, 2.45) is 5.10 Å². The number of carboxylic acid groups (broad SMARTS) is 1. The maximum atomic E-state index is 12.9. The van der Waals surface area contributed by atoms with Crippen LogP contribution in [0.3, 0.4) is 0 Å². The van der Waals surface area contributed by atoms with Crippen molar-refractivity contribution in [1.82, 2.24) is 0 Å². The van der Waals surface area contributed by atoms with Gasteiger partial charge in [-0.3, -0.25) is 14.9 Å². The number of rotatable bonds is 5. The van der Waals surface area contributed by atoms with E-state index < -0.39 is 16.8 Å². The minimum atomic E-state index is -1.06. The van der Waals surface area contributed by atoms with Gasteiger partial charge in [0.2, 0.25) is 0 Å². The summed E-state index contributed by atoms with van der Waals surface area (Å²) in [6.45, 7) is 3.44. The Morgan fingerprint density at radius 2 is 1.84 bits per heavy atom. The minimum absolute atomic E-state index is 0.0655. The molecule has 1 aromatic heterocycles. The molecule has 1 aliphatic heterocycles. The number of aromatic carboxylic acids is 1. The molecule has 0 radical (unpaired) electrons. The van der Waals surface area contributed by atoms with E-state index in [0.29, 0.717) is 34.1 Å². The van der Waals surface area contributed by atoms with Gasteiger partial charge in [-0.25, -0.2) is 4.79 Å². The van der Waals surface area contributed by atoms with Gasteiger partial charge >= 0.3 is 5.97 Å². The second-order valence-corrected chi connectivity index (χ2v) is 7.19. The molecule has 9 heteroatoms. The summed E-state index contributed by atoms with van der Waals surface area (Å²) < 4.78 is 5.77. The molecular weight excluding hydrogens is 414 g/mol. The van der Waals surface area contributed by atoms with Gasteiger partial charge in [-0.2, -0.15) is 10.1 Å². The molecule has 2 aromatic carbocycles. The fourth-order valence-corrected chi connectivity index (χ4v) is 3.32. The van der Waals surface area contributed by atoms with E-state index in [-0.39, 0.29) is 11.3 Å². The summed E-state index contributed by atoms with van der Waals surface area (Å²) in [4.78, 5) is 34.8. The molecule has 1 N–H and O–H groups in total. The van der Waals surface area contributed by atoms with Crippen molar-refractivity contribution >= 4 is 35.0 Å². The highest BCUT2D eigenvalue weighted by molar-refractivity contribution is 6.32. The normalized spacial score (nSPS) is 14.7. The van der Waals surface area contributed by atoms with Crippen molar-refractivity contribution in [3.8, 4) is 11.3 Å². The lowest BCUT2D eigenvalue weighted by Gasteiger charge is -2.11. The van der Waals surface area contributed by atoms with Crippen LogP contribution in [0.1, 0.15) is 28.6 Å². The molecule has 1 amide bonds. The number of nitro benzene ring substituents is 1. The largest absolute Gasteiger partial charge is 0.478 e. The molecule has 0 aliphatic carbocycles. The van der Waals surface area contributed by atoms with E-state index in [4.69, 9.17) is 9.52 Å². The van der Waals surface area contributed by atoms with Crippen molar-refractivity contribution < 1.29 is 24.0 Å². The van der Waals surface area contributed by atoms with Crippen LogP contribution in [0, 0.1) is 17.0 Å². The highest BCUT2D eigenvalue weighted by Crippen LogP contribution is 2.33. The van der Waals surface area contributed by atoms with Crippen molar-refractivity contribution in [3.05, 3.63) is 87.2 Å². The summed E-state index contributed by atoms with van der Waals surface area (Å²) in [5.74, 6) is -0.808. The Bertz CT molecular complexity index is 1320. The summed E-state index contributed by atoms with van der Waals surface area (Å²) in [5, 5.41) is 25.9. The zero-order chi connectivity index (χ0) is 23.0. The summed E-state index contributed by atoms with van der Waals surface area (Å²) in [7, 11) is 0. The van der Waals surface area contributed by atoms with Crippen LogP contribution in [0.2, 0.25) is 0 Å². The first-order chi connectivity index (χ1) is 15.2. The molecule has 0 unspecified atom stereocenters. The standard InChI is InChI=1S/C23H17N3O6/c1-13-3-9-18(20(11-13)26(30)31)21-10-8-17(32-21)12-19-14(2)24-25(22(19)27)16-6-4-15(5-7-16)23(28)29/h3-12H,1-2H3,(H,28,29)/b19-12-. The molecule has 3 aromatic rings. The van der Waals surface area contributed by atoms with Crippen LogP contribution in [0.5, 0.6) is 0 Å². The number of carbonyl (C=O) groups is 2. The van der Waals surface area contributed by atoms with E-state index >= 15 is 0 Å². The first kappa shape index (κ1) is 20.7. The van der Waals surface area contributed by atoms with Gasteiger partial charge in [0.05, 0.1) is 33.0 Å². The lowest BCUT2D eigenvalue weighted by atomic mass is 10.1. The topological polar surface area (TPSA) is 126 Å². The fraction of sp³-hybridized carbons (Fsp3) is 0.0870. The SMILES string of the molecule is CC1=NN(c2ccc(C(=O)O)cc2)C(=O)/C1=C\c1ccc(-c2ccc(C)cc2[N+](=O)[O-])o1. The van der Waals surface area contributed by atoms with Crippen LogP contribution in [-0.2, 0) is 4.79 Å². The van der Waals surface area contributed by atoms with Gasteiger partial charge in [-0.1, -0.05) is 6.07 Å². The maximum absolute atomic E-state index is 12.9. The van der Waals surface area contributed by atoms with E-state index in [1.807, 2.05) is 0 Å². The van der Waals surface area contributed by atoms with Crippen LogP contribution < -0.4 is 5.01 Å². The van der Waals surface area contributed by atoms with Crippen molar-refractivity contribution in [2.45, 2.75) is 13.8 Å². The Morgan fingerprint density at radius 3 is 2.50 bits per heavy atom. The quantitative estimate of drug-likeness (QED) is 0.355. The molecular formula is C23H17N3O6. The third kappa shape index (κ3) is 3.79. The number of furan rings is 1. The van der Waals surface area contributed by atoms with Crippen LogP contribution >= 0.6 is 0 Å². The third-order valence-electron chi connectivity index (χ3n) is 4.95. The third-order valence-corrected chi connectivity index (χ3v) is 4.95. The van der Waals surface area contributed by atoms with Gasteiger partial charge in [0.25, 0.3) is 11.6 Å². The van der Waals surface area contributed by atoms with Crippen LogP contribution in [0.25, 0.3) is 17.4 Å². The van der Waals surface area contributed by atoms with Gasteiger partial charge in [-0.05, 0) is 68.0 Å². The first-order valence-corrected chi connectivity index (χ1v) is 9.55. The Hall–Kier alpha value is -4.53. The number of anilines is 1. The number of nitrogens with zero attached hydrogens (tertiary/aromatic N) is 3. The number of aryl methyl sites for hydroxylation is 1. The highest BCUT2D eigenvalue weighted by Gasteiger charge is 2.29. The summed E-state index contributed by atoms with van der Waals surface area (Å²) in [5.41, 5.74) is 2.32. The van der Waals surface area contributed by atoms with Crippen LogP contribution in [0.4, 0.5) is 11.4 Å². The molecule has 9 nitrogen and oxygen atoms in total. The molecule has 2 heterocycles. The molecule has 160 valence electrons. The lowest BCUT2D eigenvalue weighted by Crippen LogP contribution is -2.21. The van der Waals surface area contributed by atoms with Crippen molar-refractivity contribution in [1.29, 1.82) is 0 Å². The molecule has 0 saturated heterocycles. The van der Waals surface area contributed by atoms with E-state index in [2.05, 4.69) is 5.10 Å². The smallest absolute Gasteiger partial charge is 0.335 e. The van der Waals surface area contributed by atoms with Gasteiger partial charge in [0, 0.05) is 6.07 Å². The second kappa shape index (κ2) is 7.95. The molecule has 0 fully saturated rings. The monoisotopic (exact) mass is 431 g/mol. The number of nitro groups is 1. The molecule has 4 rings (SSSR count). The van der Waals surface area contributed by atoms with E-state index in [0.717, 1.165) is 5.56 Å². The van der Waals surface area contributed by atoms with Crippen molar-refractivity contribution in [3.63, 3.8) is 0 Å². The molecule has 0 bridgehead atoms. The van der Waals surface area contributed by atoms with E-state index in [1.165, 1.54) is 41.4 Å². The zero-order valence-electron chi connectivity index (χ0n) is 17.1. The van der Waals surface area contributed by atoms with E-state index in [1.54, 1.807) is 38.1 Å². The molecule has 1 aliphatic rings. The Morgan fingerprint density at radius 1 is 1.12 bits per heavy atom. The van der Waals surface area contributed by atoms with Gasteiger partial charge < -0.3 is 9.52 Å². The number of hydrogen-bond donors (Lipinski definition) is 1. The van der Waals surface area contributed by atoms with Gasteiger partial charge in [0.1, 0.15) is 11.5 Å². The lowest BCUT2D eigenvalue weighted by molar-refractivity contribution is -0.384. The van der Waals surface area contributed by atoms with Crippen LogP contribution in [0.15, 0.2) is 69.7 Å². The number of hydrazone groups is 1. The molecule has 0 saturated carbocycles. The number of carboxylic acids is 1. The summed E-state index contributed by atoms with van der Waals surface area (Å²) in [6.07, 6.45) is 1.52. The van der Waals surface area contributed by atoms with Crippen LogP contribution in [-0.4, -0.2) is 27.6 Å². The number of carbonyl (C=O) groups excluding carboxylic acids is 1. The number of hydrogen-bond acceptors (Lipinski definition) is 6. The van der Waals surface area contributed by atoms with Crippen molar-refractivity contribution in [2.75, 3.05) is 5.01 Å². The number of amides is 1.